The summed E-state index contributed by atoms with van der Waals surface area (Å²) < 4.78 is 65.1. The first-order valence-electron chi connectivity index (χ1n) is 8.13. The topological polar surface area (TPSA) is 66.9 Å². The fraction of sp³-hybridized carbons (Fsp3) is 0.562. The molecule has 2 aliphatic rings. The SMILES string of the molecule is CS(=O)(=O)N1CCC2(CCN(c3ccc(OC(F)(F)F)cc3)C2=O)CC1. The van der Waals surface area contributed by atoms with Crippen molar-refractivity contribution in [1.29, 1.82) is 0 Å². The lowest BCUT2D eigenvalue weighted by atomic mass is 9.77. The second kappa shape index (κ2) is 6.41. The second-order valence-corrected chi connectivity index (χ2v) is 8.67. The Hall–Kier alpha value is -1.81. The molecule has 6 nitrogen and oxygen atoms in total. The van der Waals surface area contributed by atoms with Crippen molar-refractivity contribution < 1.29 is 31.1 Å². The van der Waals surface area contributed by atoms with Crippen LogP contribution in [0.1, 0.15) is 19.3 Å². The van der Waals surface area contributed by atoms with Gasteiger partial charge in [-0.25, -0.2) is 12.7 Å². The van der Waals surface area contributed by atoms with Gasteiger partial charge in [-0.05, 0) is 43.5 Å². The predicted octanol–water partition coefficient (Wildman–Crippen LogP) is 2.36. The van der Waals surface area contributed by atoms with Crippen molar-refractivity contribution in [1.82, 2.24) is 4.31 Å². The summed E-state index contributed by atoms with van der Waals surface area (Å²) in [5, 5.41) is 0. The van der Waals surface area contributed by atoms with Crippen molar-refractivity contribution in [3.8, 4) is 5.75 Å². The lowest BCUT2D eigenvalue weighted by Crippen LogP contribution is -2.46. The summed E-state index contributed by atoms with van der Waals surface area (Å²) in [6.45, 7) is 1.06. The minimum absolute atomic E-state index is 0.102. The average molecular weight is 392 g/mol. The van der Waals surface area contributed by atoms with Gasteiger partial charge in [0.25, 0.3) is 0 Å². The number of carbonyl (C=O) groups is 1. The number of halogens is 3. The summed E-state index contributed by atoms with van der Waals surface area (Å²) in [7, 11) is -3.27. The van der Waals surface area contributed by atoms with Crippen molar-refractivity contribution >= 4 is 21.6 Å². The number of nitrogens with zero attached hydrogens (tertiary/aromatic N) is 2. The molecule has 10 heteroatoms. The van der Waals surface area contributed by atoms with Gasteiger partial charge in [0.05, 0.1) is 11.7 Å². The molecule has 3 rings (SSSR count). The first-order chi connectivity index (χ1) is 12.0. The van der Waals surface area contributed by atoms with Crippen LogP contribution in [0.4, 0.5) is 18.9 Å². The van der Waals surface area contributed by atoms with E-state index in [4.69, 9.17) is 0 Å². The van der Waals surface area contributed by atoms with E-state index in [9.17, 15) is 26.4 Å². The molecule has 26 heavy (non-hydrogen) atoms. The molecule has 2 fully saturated rings. The molecular formula is C16H19F3N2O4S. The third-order valence-electron chi connectivity index (χ3n) is 5.04. The van der Waals surface area contributed by atoms with Gasteiger partial charge in [0.1, 0.15) is 5.75 Å². The highest BCUT2D eigenvalue weighted by molar-refractivity contribution is 7.88. The van der Waals surface area contributed by atoms with Crippen LogP contribution in [0.2, 0.25) is 0 Å². The lowest BCUT2D eigenvalue weighted by molar-refractivity contribution is -0.274. The molecule has 0 unspecified atom stereocenters. The molecule has 2 heterocycles. The molecule has 144 valence electrons. The highest BCUT2D eigenvalue weighted by atomic mass is 32.2. The molecule has 1 aromatic rings. The number of piperidine rings is 1. The minimum atomic E-state index is -4.76. The highest BCUT2D eigenvalue weighted by Gasteiger charge is 2.49. The molecule has 1 spiro atoms. The Kier molecular flexibility index (Phi) is 4.68. The Morgan fingerprint density at radius 1 is 1.04 bits per heavy atom. The zero-order valence-electron chi connectivity index (χ0n) is 14.1. The van der Waals surface area contributed by atoms with Crippen molar-refractivity contribution in [3.05, 3.63) is 24.3 Å². The van der Waals surface area contributed by atoms with Gasteiger partial charge in [-0.3, -0.25) is 4.79 Å². The Morgan fingerprint density at radius 3 is 2.08 bits per heavy atom. The molecule has 0 N–H and O–H groups in total. The maximum absolute atomic E-state index is 12.9. The largest absolute Gasteiger partial charge is 0.573 e. The normalized spacial score (nSPS) is 21.4. The van der Waals surface area contributed by atoms with Gasteiger partial charge in [-0.15, -0.1) is 13.2 Å². The van der Waals surface area contributed by atoms with Crippen LogP contribution in [0.15, 0.2) is 24.3 Å². The summed E-state index contributed by atoms with van der Waals surface area (Å²) in [5.74, 6) is -0.445. The fourth-order valence-electron chi connectivity index (χ4n) is 3.60. The molecular weight excluding hydrogens is 373 g/mol. The van der Waals surface area contributed by atoms with E-state index < -0.39 is 21.8 Å². The summed E-state index contributed by atoms with van der Waals surface area (Å²) >= 11 is 0. The van der Waals surface area contributed by atoms with Crippen LogP contribution in [0.25, 0.3) is 0 Å². The number of anilines is 1. The number of rotatable bonds is 3. The minimum Gasteiger partial charge on any atom is -0.406 e. The standard InChI is InChI=1S/C16H19F3N2O4S/c1-26(23,24)20-9-6-15(7-10-20)8-11-21(14(15)22)12-2-4-13(5-3-12)25-16(17,18)19/h2-5H,6-11H2,1H3. The summed E-state index contributed by atoms with van der Waals surface area (Å²) in [6, 6.07) is 5.19. The van der Waals surface area contributed by atoms with Crippen molar-refractivity contribution in [2.75, 3.05) is 30.8 Å². The molecule has 0 aliphatic carbocycles. The van der Waals surface area contributed by atoms with E-state index >= 15 is 0 Å². The maximum atomic E-state index is 12.9. The van der Waals surface area contributed by atoms with E-state index in [0.717, 1.165) is 6.26 Å². The third kappa shape index (κ3) is 3.80. The Bertz CT molecular complexity index is 785. The Morgan fingerprint density at radius 2 is 1.58 bits per heavy atom. The lowest BCUT2D eigenvalue weighted by Gasteiger charge is -2.36. The molecule has 2 aliphatic heterocycles. The fourth-order valence-corrected chi connectivity index (χ4v) is 4.45. The zero-order valence-corrected chi connectivity index (χ0v) is 14.9. The molecule has 0 saturated carbocycles. The van der Waals surface area contributed by atoms with Crippen LogP contribution in [-0.2, 0) is 14.8 Å². The predicted molar refractivity (Wildman–Crippen MR) is 88.2 cm³/mol. The molecule has 1 amide bonds. The maximum Gasteiger partial charge on any atom is 0.573 e. The van der Waals surface area contributed by atoms with Crippen LogP contribution in [0.3, 0.4) is 0 Å². The molecule has 0 atom stereocenters. The van der Waals surface area contributed by atoms with E-state index in [-0.39, 0.29) is 11.7 Å². The van der Waals surface area contributed by atoms with Gasteiger partial charge in [0, 0.05) is 25.3 Å². The van der Waals surface area contributed by atoms with Crippen LogP contribution >= 0.6 is 0 Å². The zero-order chi connectivity index (χ0) is 19.2. The van der Waals surface area contributed by atoms with Gasteiger partial charge in [0.15, 0.2) is 0 Å². The number of alkyl halides is 3. The van der Waals surface area contributed by atoms with Gasteiger partial charge in [-0.2, -0.15) is 0 Å². The van der Waals surface area contributed by atoms with E-state index in [1.54, 1.807) is 4.90 Å². The number of amides is 1. The van der Waals surface area contributed by atoms with E-state index in [1.807, 2.05) is 0 Å². The smallest absolute Gasteiger partial charge is 0.406 e. The molecule has 0 radical (unpaired) electrons. The molecule has 0 bridgehead atoms. The number of ether oxygens (including phenoxy) is 1. The van der Waals surface area contributed by atoms with Crippen LogP contribution in [0.5, 0.6) is 5.75 Å². The van der Waals surface area contributed by atoms with Crippen LogP contribution in [0, 0.1) is 5.41 Å². The number of hydrogen-bond donors (Lipinski definition) is 0. The van der Waals surface area contributed by atoms with Crippen LogP contribution < -0.4 is 9.64 Å². The third-order valence-corrected chi connectivity index (χ3v) is 6.35. The monoisotopic (exact) mass is 392 g/mol. The average Bonchev–Trinajstić information content (AvgIpc) is 2.83. The van der Waals surface area contributed by atoms with E-state index in [1.165, 1.54) is 28.6 Å². The van der Waals surface area contributed by atoms with Crippen LogP contribution in [-0.4, -0.2) is 50.9 Å². The van der Waals surface area contributed by atoms with Crippen molar-refractivity contribution in [3.63, 3.8) is 0 Å². The van der Waals surface area contributed by atoms with Gasteiger partial charge in [-0.1, -0.05) is 0 Å². The van der Waals surface area contributed by atoms with Crippen molar-refractivity contribution in [2.24, 2.45) is 5.41 Å². The number of carbonyl (C=O) groups excluding carboxylic acids is 1. The van der Waals surface area contributed by atoms with E-state index in [2.05, 4.69) is 4.74 Å². The van der Waals surface area contributed by atoms with E-state index in [0.29, 0.717) is 44.6 Å². The Labute approximate surface area is 149 Å². The van der Waals surface area contributed by atoms with Gasteiger partial charge >= 0.3 is 6.36 Å². The Balaban J connectivity index is 1.70. The first kappa shape index (κ1) is 19.0. The molecule has 2 saturated heterocycles. The second-order valence-electron chi connectivity index (χ2n) is 6.69. The van der Waals surface area contributed by atoms with Crippen molar-refractivity contribution in [2.45, 2.75) is 25.6 Å². The highest BCUT2D eigenvalue weighted by Crippen LogP contribution is 2.43. The summed E-state index contributed by atoms with van der Waals surface area (Å²) in [6.07, 6.45) is -2.11. The number of sulfonamides is 1. The summed E-state index contributed by atoms with van der Waals surface area (Å²) in [5.41, 5.74) is -0.0885. The first-order valence-corrected chi connectivity index (χ1v) is 9.98. The quantitative estimate of drug-likeness (QED) is 0.792. The number of benzene rings is 1. The number of hydrogen-bond acceptors (Lipinski definition) is 4. The summed E-state index contributed by atoms with van der Waals surface area (Å²) in [4.78, 5) is 14.4. The molecule has 1 aromatic carbocycles. The van der Waals surface area contributed by atoms with Gasteiger partial charge < -0.3 is 9.64 Å². The van der Waals surface area contributed by atoms with Gasteiger partial charge in [0.2, 0.25) is 15.9 Å². The molecule has 0 aromatic heterocycles.